The molecule has 4 nitrogen and oxygen atoms in total. The standard InChI is InChI=1S/C23H29N3O/c27-23-12-7-13-26(23)19-22-18-24(16-20-8-3-1-4-9-20)14-15-25(22)17-21-10-5-2-6-11-21/h1-6,8-11,22H,7,12-19H2. The number of hydrogen-bond donors (Lipinski definition) is 0. The fourth-order valence-corrected chi connectivity index (χ4v) is 4.29. The lowest BCUT2D eigenvalue weighted by atomic mass is 10.1. The van der Waals surface area contributed by atoms with Gasteiger partial charge in [0.25, 0.3) is 0 Å². The quantitative estimate of drug-likeness (QED) is 0.789. The molecule has 27 heavy (non-hydrogen) atoms. The van der Waals surface area contributed by atoms with Crippen LogP contribution in [0.25, 0.3) is 0 Å². The van der Waals surface area contributed by atoms with Crippen LogP contribution in [-0.4, -0.2) is 59.4 Å². The number of nitrogens with zero attached hydrogens (tertiary/aromatic N) is 3. The predicted octanol–water partition coefficient (Wildman–Crippen LogP) is 3.00. The van der Waals surface area contributed by atoms with Gasteiger partial charge < -0.3 is 4.90 Å². The second-order valence-electron chi connectivity index (χ2n) is 7.77. The maximum atomic E-state index is 12.2. The smallest absolute Gasteiger partial charge is 0.222 e. The van der Waals surface area contributed by atoms with Gasteiger partial charge in [-0.3, -0.25) is 14.6 Å². The molecular weight excluding hydrogens is 334 g/mol. The zero-order valence-corrected chi connectivity index (χ0v) is 16.0. The number of likely N-dealkylation sites (tertiary alicyclic amines) is 1. The number of hydrogen-bond acceptors (Lipinski definition) is 3. The lowest BCUT2D eigenvalue weighted by Gasteiger charge is -2.43. The van der Waals surface area contributed by atoms with Crippen molar-refractivity contribution in [2.24, 2.45) is 0 Å². The highest BCUT2D eigenvalue weighted by molar-refractivity contribution is 5.78. The van der Waals surface area contributed by atoms with Crippen LogP contribution in [-0.2, 0) is 17.9 Å². The molecule has 1 unspecified atom stereocenters. The highest BCUT2D eigenvalue weighted by atomic mass is 16.2. The number of carbonyl (C=O) groups excluding carboxylic acids is 1. The van der Waals surface area contributed by atoms with Crippen LogP contribution >= 0.6 is 0 Å². The van der Waals surface area contributed by atoms with Crippen molar-refractivity contribution in [3.63, 3.8) is 0 Å². The minimum absolute atomic E-state index is 0.329. The first kappa shape index (κ1) is 18.2. The SMILES string of the molecule is O=C1CCCN1CC1CN(Cc2ccccc2)CCN1Cc1ccccc1. The average Bonchev–Trinajstić information content (AvgIpc) is 3.10. The van der Waals surface area contributed by atoms with E-state index in [1.54, 1.807) is 0 Å². The fourth-order valence-electron chi connectivity index (χ4n) is 4.29. The molecule has 1 amide bonds. The van der Waals surface area contributed by atoms with Gasteiger partial charge in [-0.15, -0.1) is 0 Å². The summed E-state index contributed by atoms with van der Waals surface area (Å²) in [7, 11) is 0. The number of amides is 1. The van der Waals surface area contributed by atoms with E-state index in [-0.39, 0.29) is 0 Å². The lowest BCUT2D eigenvalue weighted by molar-refractivity contribution is -0.128. The number of carbonyl (C=O) groups is 1. The van der Waals surface area contributed by atoms with E-state index in [4.69, 9.17) is 0 Å². The van der Waals surface area contributed by atoms with Crippen LogP contribution in [0.1, 0.15) is 24.0 Å². The zero-order valence-electron chi connectivity index (χ0n) is 16.0. The van der Waals surface area contributed by atoms with Crippen LogP contribution in [0.2, 0.25) is 0 Å². The Hall–Kier alpha value is -2.17. The molecule has 2 fully saturated rings. The molecule has 0 saturated carbocycles. The van der Waals surface area contributed by atoms with Crippen molar-refractivity contribution in [1.82, 2.24) is 14.7 Å². The summed E-state index contributed by atoms with van der Waals surface area (Å²) >= 11 is 0. The van der Waals surface area contributed by atoms with E-state index in [0.717, 1.165) is 58.7 Å². The third-order valence-electron chi connectivity index (χ3n) is 5.77. The Morgan fingerprint density at radius 2 is 1.48 bits per heavy atom. The molecule has 0 spiro atoms. The van der Waals surface area contributed by atoms with Crippen molar-refractivity contribution < 1.29 is 4.79 Å². The summed E-state index contributed by atoms with van der Waals surface area (Å²) in [5, 5.41) is 0. The summed E-state index contributed by atoms with van der Waals surface area (Å²) in [4.78, 5) is 19.4. The molecule has 2 aromatic rings. The number of rotatable bonds is 6. The van der Waals surface area contributed by atoms with Crippen LogP contribution in [0, 0.1) is 0 Å². The van der Waals surface area contributed by atoms with Crippen molar-refractivity contribution in [1.29, 1.82) is 0 Å². The van der Waals surface area contributed by atoms with Crippen LogP contribution in [0.3, 0.4) is 0 Å². The molecule has 2 heterocycles. The largest absolute Gasteiger partial charge is 0.341 e. The molecule has 0 aliphatic carbocycles. The average molecular weight is 364 g/mol. The third kappa shape index (κ3) is 4.76. The van der Waals surface area contributed by atoms with Crippen LogP contribution < -0.4 is 0 Å². The summed E-state index contributed by atoms with van der Waals surface area (Å²) in [6, 6.07) is 21.8. The van der Waals surface area contributed by atoms with Gasteiger partial charge in [0.1, 0.15) is 0 Å². The molecule has 4 heteroatoms. The maximum absolute atomic E-state index is 12.2. The Kier molecular flexibility index (Phi) is 5.85. The van der Waals surface area contributed by atoms with Gasteiger partial charge in [0, 0.05) is 58.3 Å². The molecule has 2 saturated heterocycles. The van der Waals surface area contributed by atoms with Gasteiger partial charge in [-0.1, -0.05) is 60.7 Å². The van der Waals surface area contributed by atoms with E-state index >= 15 is 0 Å². The second-order valence-corrected chi connectivity index (χ2v) is 7.77. The maximum Gasteiger partial charge on any atom is 0.222 e. The molecule has 1 atom stereocenters. The lowest BCUT2D eigenvalue weighted by Crippen LogP contribution is -2.56. The molecule has 4 rings (SSSR count). The van der Waals surface area contributed by atoms with Crippen LogP contribution in [0.5, 0.6) is 0 Å². The number of benzene rings is 2. The summed E-state index contributed by atoms with van der Waals surface area (Å²) in [6.45, 7) is 6.88. The van der Waals surface area contributed by atoms with E-state index in [1.807, 2.05) is 0 Å². The van der Waals surface area contributed by atoms with Crippen LogP contribution in [0.4, 0.5) is 0 Å². The second kappa shape index (κ2) is 8.68. The third-order valence-corrected chi connectivity index (χ3v) is 5.77. The Morgan fingerprint density at radius 1 is 0.815 bits per heavy atom. The summed E-state index contributed by atoms with van der Waals surface area (Å²) < 4.78 is 0. The highest BCUT2D eigenvalue weighted by Gasteiger charge is 2.31. The van der Waals surface area contributed by atoms with Crippen molar-refractivity contribution in [3.8, 4) is 0 Å². The molecule has 2 aliphatic rings. The van der Waals surface area contributed by atoms with Crippen LogP contribution in [0.15, 0.2) is 60.7 Å². The zero-order chi connectivity index (χ0) is 18.5. The fraction of sp³-hybridized carbons (Fsp3) is 0.435. The Bertz CT molecular complexity index is 734. The first-order valence-corrected chi connectivity index (χ1v) is 10.1. The van der Waals surface area contributed by atoms with Gasteiger partial charge in [0.15, 0.2) is 0 Å². The Labute approximate surface area is 162 Å². The van der Waals surface area contributed by atoms with E-state index < -0.39 is 0 Å². The van der Waals surface area contributed by atoms with Gasteiger partial charge in [-0.05, 0) is 17.5 Å². The molecule has 0 bridgehead atoms. The molecule has 2 aromatic carbocycles. The summed E-state index contributed by atoms with van der Waals surface area (Å²) in [6.07, 6.45) is 1.73. The monoisotopic (exact) mass is 363 g/mol. The van der Waals surface area contributed by atoms with E-state index in [9.17, 15) is 4.79 Å². The Morgan fingerprint density at radius 3 is 2.11 bits per heavy atom. The molecule has 2 aliphatic heterocycles. The summed E-state index contributed by atoms with van der Waals surface area (Å²) in [5.41, 5.74) is 2.72. The minimum atomic E-state index is 0.329. The predicted molar refractivity (Wildman–Crippen MR) is 108 cm³/mol. The number of piperazine rings is 1. The van der Waals surface area contributed by atoms with Crippen molar-refractivity contribution in [2.45, 2.75) is 32.0 Å². The van der Waals surface area contributed by atoms with Gasteiger partial charge in [-0.2, -0.15) is 0 Å². The van der Waals surface area contributed by atoms with Gasteiger partial charge in [0.2, 0.25) is 5.91 Å². The van der Waals surface area contributed by atoms with E-state index in [0.29, 0.717) is 11.9 Å². The highest BCUT2D eigenvalue weighted by Crippen LogP contribution is 2.19. The van der Waals surface area contributed by atoms with E-state index in [2.05, 4.69) is 75.4 Å². The van der Waals surface area contributed by atoms with E-state index in [1.165, 1.54) is 11.1 Å². The first-order valence-electron chi connectivity index (χ1n) is 10.1. The molecule has 142 valence electrons. The van der Waals surface area contributed by atoms with Crippen molar-refractivity contribution >= 4 is 5.91 Å². The molecule has 0 radical (unpaired) electrons. The summed E-state index contributed by atoms with van der Waals surface area (Å²) in [5.74, 6) is 0.329. The first-order chi connectivity index (χ1) is 13.3. The van der Waals surface area contributed by atoms with Crippen molar-refractivity contribution in [3.05, 3.63) is 71.8 Å². The molecule has 0 N–H and O–H groups in total. The topological polar surface area (TPSA) is 26.8 Å². The van der Waals surface area contributed by atoms with Crippen molar-refractivity contribution in [2.75, 3.05) is 32.7 Å². The van der Waals surface area contributed by atoms with Gasteiger partial charge in [-0.25, -0.2) is 0 Å². The Balaban J connectivity index is 1.44. The van der Waals surface area contributed by atoms with Gasteiger partial charge >= 0.3 is 0 Å². The molecule has 0 aromatic heterocycles. The van der Waals surface area contributed by atoms with Gasteiger partial charge in [0.05, 0.1) is 0 Å². The molecular formula is C23H29N3O. The minimum Gasteiger partial charge on any atom is -0.341 e. The normalized spacial score (nSPS) is 21.7.